The van der Waals surface area contributed by atoms with Gasteiger partial charge in [0, 0.05) is 25.3 Å². The second-order valence-electron chi connectivity index (χ2n) is 11.2. The number of nitrogens with zero attached hydrogens (tertiary/aromatic N) is 1. The molecule has 7 atom stereocenters. The van der Waals surface area contributed by atoms with E-state index in [1.54, 1.807) is 5.57 Å². The van der Waals surface area contributed by atoms with Crippen molar-refractivity contribution in [1.82, 2.24) is 5.16 Å². The molecule has 1 aromatic heterocycles. The molecule has 5 rings (SSSR count). The fraction of sp³-hybridized carbons (Fsp3) is 0.704. The maximum absolute atomic E-state index is 11.5. The highest BCUT2D eigenvalue weighted by Crippen LogP contribution is 2.66. The van der Waals surface area contributed by atoms with Crippen LogP contribution in [0.3, 0.4) is 0 Å². The molecule has 4 aliphatic carbocycles. The van der Waals surface area contributed by atoms with Crippen LogP contribution in [0.1, 0.15) is 90.0 Å². The zero-order valence-corrected chi connectivity index (χ0v) is 19.9. The molecule has 1 N–H and O–H groups in total. The van der Waals surface area contributed by atoms with E-state index >= 15 is 0 Å². The van der Waals surface area contributed by atoms with Crippen molar-refractivity contribution >= 4 is 5.97 Å². The first-order chi connectivity index (χ1) is 15.3. The summed E-state index contributed by atoms with van der Waals surface area (Å²) < 4.78 is 10.9. The third-order valence-electron chi connectivity index (χ3n) is 9.73. The molecule has 0 radical (unpaired) electrons. The van der Waals surface area contributed by atoms with Crippen molar-refractivity contribution < 1.29 is 19.2 Å². The van der Waals surface area contributed by atoms with Gasteiger partial charge in [0.15, 0.2) is 5.76 Å². The SMILES string of the molecule is CC(=O)O[C@H]1CC[C@@]2(C)C(=CC=C3[C@@H]4CC[C@H]([C@H](C)c5cc(CO)on5)[C@@]4(C)CC[C@@H]32)C1. The van der Waals surface area contributed by atoms with Crippen LogP contribution in [0.5, 0.6) is 0 Å². The molecule has 1 heterocycles. The van der Waals surface area contributed by atoms with Gasteiger partial charge >= 0.3 is 5.97 Å². The summed E-state index contributed by atoms with van der Waals surface area (Å²) in [6, 6.07) is 1.93. The van der Waals surface area contributed by atoms with Crippen LogP contribution in [0.4, 0.5) is 0 Å². The van der Waals surface area contributed by atoms with Crippen molar-refractivity contribution in [3.63, 3.8) is 0 Å². The molecular formula is C27H37NO4. The highest BCUT2D eigenvalue weighted by molar-refractivity contribution is 5.66. The normalized spacial score (nSPS) is 39.3. The van der Waals surface area contributed by atoms with E-state index in [1.165, 1.54) is 38.2 Å². The number of hydrogen-bond donors (Lipinski definition) is 1. The maximum Gasteiger partial charge on any atom is 0.302 e. The predicted molar refractivity (Wildman–Crippen MR) is 122 cm³/mol. The number of aromatic nitrogens is 1. The van der Waals surface area contributed by atoms with E-state index in [1.807, 2.05) is 6.07 Å². The van der Waals surface area contributed by atoms with Gasteiger partial charge in [-0.2, -0.15) is 0 Å². The Labute approximate surface area is 191 Å². The van der Waals surface area contributed by atoms with E-state index in [-0.39, 0.29) is 29.5 Å². The Morgan fingerprint density at radius 1 is 1.22 bits per heavy atom. The summed E-state index contributed by atoms with van der Waals surface area (Å²) in [6.07, 6.45) is 12.7. The van der Waals surface area contributed by atoms with Gasteiger partial charge in [0.1, 0.15) is 12.7 Å². The summed E-state index contributed by atoms with van der Waals surface area (Å²) >= 11 is 0. The molecule has 0 aromatic carbocycles. The van der Waals surface area contributed by atoms with Gasteiger partial charge in [0.2, 0.25) is 0 Å². The lowest BCUT2D eigenvalue weighted by Crippen LogP contribution is -2.46. The minimum atomic E-state index is -0.163. The van der Waals surface area contributed by atoms with Crippen molar-refractivity contribution in [1.29, 1.82) is 0 Å². The number of carbonyl (C=O) groups excluding carboxylic acids is 1. The van der Waals surface area contributed by atoms with Gasteiger partial charge in [-0.1, -0.05) is 49.2 Å². The zero-order chi connectivity index (χ0) is 22.7. The largest absolute Gasteiger partial charge is 0.462 e. The van der Waals surface area contributed by atoms with E-state index in [0.29, 0.717) is 29.4 Å². The minimum Gasteiger partial charge on any atom is -0.462 e. The van der Waals surface area contributed by atoms with Gasteiger partial charge in [-0.3, -0.25) is 4.79 Å². The minimum absolute atomic E-state index is 0.0404. The van der Waals surface area contributed by atoms with Crippen LogP contribution >= 0.6 is 0 Å². The Morgan fingerprint density at radius 3 is 2.75 bits per heavy atom. The van der Waals surface area contributed by atoms with Gasteiger partial charge < -0.3 is 14.4 Å². The standard InChI is InChI=1S/C27H37NO4/c1-16(25-14-20(15-29)32-28-25)22-7-8-23-21-6-5-18-13-19(31-17(2)30)9-11-26(18,3)24(21)10-12-27(22,23)4/h5-6,14,16,19,22-24,29H,7-13,15H2,1-4H3/t16-,19-,22+,23-,24-,26-,27+/m0/s1. The average Bonchev–Trinajstić information content (AvgIpc) is 3.37. The van der Waals surface area contributed by atoms with Gasteiger partial charge in [-0.25, -0.2) is 0 Å². The average molecular weight is 440 g/mol. The fourth-order valence-corrected chi connectivity index (χ4v) is 7.99. The topological polar surface area (TPSA) is 72.6 Å². The molecule has 174 valence electrons. The molecule has 0 amide bonds. The third kappa shape index (κ3) is 3.30. The number of carbonyl (C=O) groups is 1. The molecule has 3 saturated carbocycles. The number of aliphatic hydroxyl groups excluding tert-OH is 1. The molecule has 1 aromatic rings. The molecule has 0 bridgehead atoms. The second kappa shape index (κ2) is 7.86. The fourth-order valence-electron chi connectivity index (χ4n) is 7.99. The number of ether oxygens (including phenoxy) is 1. The van der Waals surface area contributed by atoms with E-state index in [0.717, 1.165) is 25.0 Å². The molecule has 5 heteroatoms. The first-order valence-corrected chi connectivity index (χ1v) is 12.4. The summed E-state index contributed by atoms with van der Waals surface area (Å²) in [7, 11) is 0. The highest BCUT2D eigenvalue weighted by Gasteiger charge is 2.57. The smallest absolute Gasteiger partial charge is 0.302 e. The first-order valence-electron chi connectivity index (χ1n) is 12.4. The summed E-state index contributed by atoms with van der Waals surface area (Å²) in [5, 5.41) is 13.7. The first kappa shape index (κ1) is 21.9. The number of allylic oxidation sites excluding steroid dienone is 3. The monoisotopic (exact) mass is 439 g/mol. The Balaban J connectivity index is 1.40. The van der Waals surface area contributed by atoms with Crippen LogP contribution in [0, 0.1) is 28.6 Å². The van der Waals surface area contributed by atoms with Crippen molar-refractivity contribution in [3.8, 4) is 0 Å². The molecule has 0 spiro atoms. The summed E-state index contributed by atoms with van der Waals surface area (Å²) in [6.45, 7) is 8.68. The Hall–Kier alpha value is -1.88. The molecule has 0 saturated heterocycles. The summed E-state index contributed by atoms with van der Waals surface area (Å²) in [5.41, 5.74) is 4.61. The lowest BCUT2D eigenvalue weighted by molar-refractivity contribution is -0.148. The van der Waals surface area contributed by atoms with E-state index in [9.17, 15) is 9.90 Å². The number of esters is 1. The highest BCUT2D eigenvalue weighted by atomic mass is 16.5. The van der Waals surface area contributed by atoms with Crippen molar-refractivity contribution in [3.05, 3.63) is 40.8 Å². The van der Waals surface area contributed by atoms with Crippen molar-refractivity contribution in [2.24, 2.45) is 28.6 Å². The molecule has 5 nitrogen and oxygen atoms in total. The number of fused-ring (bicyclic) bond motifs is 5. The lowest BCUT2D eigenvalue weighted by atomic mass is 9.50. The Kier molecular flexibility index (Phi) is 5.39. The Morgan fingerprint density at radius 2 is 2.03 bits per heavy atom. The quantitative estimate of drug-likeness (QED) is 0.609. The van der Waals surface area contributed by atoms with Crippen LogP contribution in [0.15, 0.2) is 33.9 Å². The van der Waals surface area contributed by atoms with Crippen LogP contribution in [-0.4, -0.2) is 22.3 Å². The van der Waals surface area contributed by atoms with Gasteiger partial charge in [-0.15, -0.1) is 0 Å². The Bertz CT molecular complexity index is 961. The van der Waals surface area contributed by atoms with E-state index < -0.39 is 0 Å². The number of hydrogen-bond acceptors (Lipinski definition) is 5. The predicted octanol–water partition coefficient (Wildman–Crippen LogP) is 5.70. The number of aliphatic hydroxyl groups is 1. The van der Waals surface area contributed by atoms with Crippen LogP contribution in [0.25, 0.3) is 0 Å². The molecule has 32 heavy (non-hydrogen) atoms. The van der Waals surface area contributed by atoms with Crippen molar-refractivity contribution in [2.45, 2.75) is 91.3 Å². The molecule has 4 aliphatic rings. The molecule has 0 aliphatic heterocycles. The second-order valence-corrected chi connectivity index (χ2v) is 11.2. The van der Waals surface area contributed by atoms with Crippen LogP contribution < -0.4 is 0 Å². The molecule has 3 fully saturated rings. The van der Waals surface area contributed by atoms with Gasteiger partial charge in [0.25, 0.3) is 0 Å². The van der Waals surface area contributed by atoms with Gasteiger partial charge in [-0.05, 0) is 67.1 Å². The summed E-state index contributed by atoms with van der Waals surface area (Å²) in [4.78, 5) is 11.5. The summed E-state index contributed by atoms with van der Waals surface area (Å²) in [5.74, 6) is 2.53. The van der Waals surface area contributed by atoms with Crippen LogP contribution in [0.2, 0.25) is 0 Å². The number of rotatable bonds is 4. The van der Waals surface area contributed by atoms with Crippen molar-refractivity contribution in [2.75, 3.05) is 0 Å². The van der Waals surface area contributed by atoms with Crippen LogP contribution in [-0.2, 0) is 16.1 Å². The zero-order valence-electron chi connectivity index (χ0n) is 19.9. The molecule has 0 unspecified atom stereocenters. The third-order valence-corrected chi connectivity index (χ3v) is 9.73. The van der Waals surface area contributed by atoms with E-state index in [4.69, 9.17) is 9.26 Å². The lowest BCUT2D eigenvalue weighted by Gasteiger charge is -2.55. The maximum atomic E-state index is 11.5. The van der Waals surface area contributed by atoms with E-state index in [2.05, 4.69) is 38.1 Å². The van der Waals surface area contributed by atoms with Gasteiger partial charge in [0.05, 0.1) is 5.69 Å². The molecular weight excluding hydrogens is 402 g/mol.